The van der Waals surface area contributed by atoms with Gasteiger partial charge in [-0.05, 0) is 29.0 Å². The maximum atomic E-state index is 12.4. The van der Waals surface area contributed by atoms with Crippen molar-refractivity contribution in [2.75, 3.05) is 20.1 Å². The van der Waals surface area contributed by atoms with Crippen molar-refractivity contribution in [2.24, 2.45) is 4.99 Å². The van der Waals surface area contributed by atoms with Gasteiger partial charge in [-0.2, -0.15) is 0 Å². The summed E-state index contributed by atoms with van der Waals surface area (Å²) in [5.41, 5.74) is 2.46. The van der Waals surface area contributed by atoms with Crippen molar-refractivity contribution in [1.82, 2.24) is 15.5 Å². The molecule has 2 heterocycles. The lowest BCUT2D eigenvalue weighted by Crippen LogP contribution is -2.45. The van der Waals surface area contributed by atoms with Crippen molar-refractivity contribution in [3.63, 3.8) is 0 Å². The first kappa shape index (κ1) is 19.7. The van der Waals surface area contributed by atoms with Crippen LogP contribution in [0, 0.1) is 0 Å². The maximum absolute atomic E-state index is 12.4. The highest BCUT2D eigenvalue weighted by Crippen LogP contribution is 2.23. The van der Waals surface area contributed by atoms with E-state index in [4.69, 9.17) is 0 Å². The summed E-state index contributed by atoms with van der Waals surface area (Å²) >= 11 is 1.78. The Kier molecular flexibility index (Phi) is 7.70. The van der Waals surface area contributed by atoms with Crippen molar-refractivity contribution in [1.29, 1.82) is 0 Å². The summed E-state index contributed by atoms with van der Waals surface area (Å²) in [5, 5.41) is 8.43. The molecule has 0 aliphatic carbocycles. The number of carbonyl (C=O) groups excluding carboxylic acids is 1. The molecule has 7 heteroatoms. The second-order valence-corrected chi connectivity index (χ2v) is 6.70. The number of amides is 1. The molecule has 1 aromatic carbocycles. The van der Waals surface area contributed by atoms with Crippen LogP contribution in [0.5, 0.6) is 0 Å². The molecule has 2 N–H and O–H groups in total. The molecule has 2 aromatic rings. The summed E-state index contributed by atoms with van der Waals surface area (Å²) in [6.07, 6.45) is 0.958. The van der Waals surface area contributed by atoms with Crippen LogP contribution in [0.25, 0.3) is 0 Å². The van der Waals surface area contributed by atoms with E-state index in [0.717, 1.165) is 19.5 Å². The normalized spacial score (nSPS) is 13.6. The summed E-state index contributed by atoms with van der Waals surface area (Å²) in [6.45, 7) is 2.45. The van der Waals surface area contributed by atoms with E-state index >= 15 is 0 Å². The number of guanidine groups is 1. The average molecular weight is 470 g/mol. The van der Waals surface area contributed by atoms with Crippen molar-refractivity contribution in [2.45, 2.75) is 19.5 Å². The molecule has 0 spiro atoms. The summed E-state index contributed by atoms with van der Waals surface area (Å²) < 4.78 is 0. The zero-order chi connectivity index (χ0) is 16.8. The molecule has 134 valence electrons. The van der Waals surface area contributed by atoms with E-state index in [0.29, 0.717) is 12.5 Å². The number of hydrogen-bond donors (Lipinski definition) is 2. The SMILES string of the molecule is CN=C(NCC(=O)N1CCc2sccc2C1)NCc1ccccc1.I. The monoisotopic (exact) mass is 470 g/mol. The molecule has 1 amide bonds. The Morgan fingerprint density at radius 1 is 1.24 bits per heavy atom. The van der Waals surface area contributed by atoms with Crippen LogP contribution in [0.3, 0.4) is 0 Å². The molecular formula is C18H23IN4OS. The van der Waals surface area contributed by atoms with Crippen LogP contribution in [-0.4, -0.2) is 36.9 Å². The summed E-state index contributed by atoms with van der Waals surface area (Å²) in [7, 11) is 1.71. The minimum Gasteiger partial charge on any atom is -0.352 e. The lowest BCUT2D eigenvalue weighted by atomic mass is 10.1. The molecule has 3 rings (SSSR count). The lowest BCUT2D eigenvalue weighted by molar-refractivity contribution is -0.130. The zero-order valence-corrected chi connectivity index (χ0v) is 17.3. The minimum absolute atomic E-state index is 0. The summed E-state index contributed by atoms with van der Waals surface area (Å²) in [6, 6.07) is 12.2. The van der Waals surface area contributed by atoms with Gasteiger partial charge in [-0.25, -0.2) is 0 Å². The topological polar surface area (TPSA) is 56.7 Å². The Morgan fingerprint density at radius 2 is 2.04 bits per heavy atom. The van der Waals surface area contributed by atoms with Gasteiger partial charge in [-0.15, -0.1) is 35.3 Å². The number of halogens is 1. The molecule has 25 heavy (non-hydrogen) atoms. The number of rotatable bonds is 4. The number of benzene rings is 1. The van der Waals surface area contributed by atoms with Crippen molar-refractivity contribution in [3.05, 3.63) is 57.8 Å². The van der Waals surface area contributed by atoms with Crippen LogP contribution in [0.4, 0.5) is 0 Å². The number of hydrogen-bond acceptors (Lipinski definition) is 3. The van der Waals surface area contributed by atoms with Gasteiger partial charge in [-0.3, -0.25) is 9.79 Å². The first-order valence-corrected chi connectivity index (χ1v) is 8.95. The third-order valence-electron chi connectivity index (χ3n) is 4.09. The molecule has 0 radical (unpaired) electrons. The van der Waals surface area contributed by atoms with Crippen LogP contribution in [0.2, 0.25) is 0 Å². The van der Waals surface area contributed by atoms with Gasteiger partial charge < -0.3 is 15.5 Å². The Bertz CT molecular complexity index is 717. The van der Waals surface area contributed by atoms with Crippen molar-refractivity contribution >= 4 is 47.2 Å². The fourth-order valence-electron chi connectivity index (χ4n) is 2.73. The molecule has 0 bridgehead atoms. The molecule has 0 saturated heterocycles. The van der Waals surface area contributed by atoms with Gasteiger partial charge in [-0.1, -0.05) is 30.3 Å². The summed E-state index contributed by atoms with van der Waals surface area (Å²) in [5.74, 6) is 0.745. The van der Waals surface area contributed by atoms with Gasteiger partial charge in [0.2, 0.25) is 5.91 Å². The highest BCUT2D eigenvalue weighted by atomic mass is 127. The molecule has 0 unspecified atom stereocenters. The predicted octanol–water partition coefficient (Wildman–Crippen LogP) is 2.62. The van der Waals surface area contributed by atoms with Crippen LogP contribution < -0.4 is 10.6 Å². The van der Waals surface area contributed by atoms with E-state index in [-0.39, 0.29) is 36.4 Å². The number of nitrogens with one attached hydrogen (secondary N) is 2. The Morgan fingerprint density at radius 3 is 2.80 bits per heavy atom. The number of carbonyl (C=O) groups is 1. The molecular weight excluding hydrogens is 447 g/mol. The predicted molar refractivity (Wildman–Crippen MR) is 113 cm³/mol. The Balaban J connectivity index is 0.00000225. The van der Waals surface area contributed by atoms with E-state index in [1.807, 2.05) is 23.1 Å². The Hall–Kier alpha value is -1.61. The number of thiophene rings is 1. The highest BCUT2D eigenvalue weighted by Gasteiger charge is 2.21. The first-order chi connectivity index (χ1) is 11.8. The molecule has 0 atom stereocenters. The fourth-order valence-corrected chi connectivity index (χ4v) is 3.62. The van der Waals surface area contributed by atoms with E-state index in [1.165, 1.54) is 16.0 Å². The third-order valence-corrected chi connectivity index (χ3v) is 5.12. The van der Waals surface area contributed by atoms with Gasteiger partial charge in [0.25, 0.3) is 0 Å². The van der Waals surface area contributed by atoms with Gasteiger partial charge in [0.15, 0.2) is 5.96 Å². The van der Waals surface area contributed by atoms with E-state index in [2.05, 4.69) is 39.2 Å². The third kappa shape index (κ3) is 5.43. The second kappa shape index (κ2) is 9.76. The Labute approximate surface area is 169 Å². The van der Waals surface area contributed by atoms with Gasteiger partial charge in [0, 0.05) is 31.6 Å². The van der Waals surface area contributed by atoms with Crippen LogP contribution in [0.1, 0.15) is 16.0 Å². The first-order valence-electron chi connectivity index (χ1n) is 8.07. The van der Waals surface area contributed by atoms with E-state index in [1.54, 1.807) is 18.4 Å². The van der Waals surface area contributed by atoms with Crippen LogP contribution >= 0.6 is 35.3 Å². The van der Waals surface area contributed by atoms with Gasteiger partial charge >= 0.3 is 0 Å². The van der Waals surface area contributed by atoms with Crippen LogP contribution in [-0.2, 0) is 24.3 Å². The van der Waals surface area contributed by atoms with Crippen molar-refractivity contribution < 1.29 is 4.79 Å². The van der Waals surface area contributed by atoms with Crippen molar-refractivity contribution in [3.8, 4) is 0 Å². The quantitative estimate of drug-likeness (QED) is 0.411. The average Bonchev–Trinajstić information content (AvgIpc) is 3.10. The fraction of sp³-hybridized carbons (Fsp3) is 0.333. The lowest BCUT2D eigenvalue weighted by Gasteiger charge is -2.27. The number of fused-ring (bicyclic) bond motifs is 1. The molecule has 1 aliphatic heterocycles. The molecule has 0 saturated carbocycles. The standard InChI is InChI=1S/C18H22N4OS.HI/c1-19-18(20-11-14-5-3-2-4-6-14)21-12-17(23)22-9-7-16-15(13-22)8-10-24-16;/h2-6,8,10H,7,9,11-13H2,1H3,(H2,19,20,21);1H. The van der Waals surface area contributed by atoms with E-state index < -0.39 is 0 Å². The smallest absolute Gasteiger partial charge is 0.242 e. The highest BCUT2D eigenvalue weighted by molar-refractivity contribution is 14.0. The van der Waals surface area contributed by atoms with Gasteiger partial charge in [0.05, 0.1) is 6.54 Å². The zero-order valence-electron chi connectivity index (χ0n) is 14.2. The molecule has 1 aliphatic rings. The molecule has 5 nitrogen and oxygen atoms in total. The molecule has 1 aromatic heterocycles. The van der Waals surface area contributed by atoms with Crippen LogP contribution in [0.15, 0.2) is 46.8 Å². The largest absolute Gasteiger partial charge is 0.352 e. The van der Waals surface area contributed by atoms with E-state index in [9.17, 15) is 4.79 Å². The number of aliphatic imine (C=N–C) groups is 1. The minimum atomic E-state index is 0. The van der Waals surface area contributed by atoms with Gasteiger partial charge in [0.1, 0.15) is 0 Å². The second-order valence-electron chi connectivity index (χ2n) is 5.70. The summed E-state index contributed by atoms with van der Waals surface area (Å²) in [4.78, 5) is 19.9. The number of nitrogens with zero attached hydrogens (tertiary/aromatic N) is 2. The maximum Gasteiger partial charge on any atom is 0.242 e. The molecule has 0 fully saturated rings.